The number of fused-ring (bicyclic) bond motifs is 1. The molecule has 0 bridgehead atoms. The first-order valence-electron chi connectivity index (χ1n) is 7.54. The van der Waals surface area contributed by atoms with E-state index in [4.69, 9.17) is 0 Å². The van der Waals surface area contributed by atoms with Crippen molar-refractivity contribution in [2.24, 2.45) is 0 Å². The van der Waals surface area contributed by atoms with E-state index in [-0.39, 0.29) is 24.1 Å². The molecule has 1 aliphatic carbocycles. The Morgan fingerprint density at radius 3 is 2.83 bits per heavy atom. The normalized spacial score (nSPS) is 14.1. The van der Waals surface area contributed by atoms with Crippen molar-refractivity contribution in [1.29, 1.82) is 0 Å². The van der Waals surface area contributed by atoms with Crippen molar-refractivity contribution >= 4 is 27.5 Å². The predicted octanol–water partition coefficient (Wildman–Crippen LogP) is 2.40. The molecule has 1 aliphatic rings. The molecule has 0 radical (unpaired) electrons. The zero-order valence-electron chi connectivity index (χ0n) is 12.4. The molecule has 0 unspecified atom stereocenters. The Labute approximate surface area is 136 Å². The van der Waals surface area contributed by atoms with E-state index in [0.717, 1.165) is 24.0 Å². The number of nitrogens with one attached hydrogen (secondary N) is 1. The minimum atomic E-state index is -0.166. The molecule has 23 heavy (non-hydrogen) atoms. The van der Waals surface area contributed by atoms with Gasteiger partial charge in [0.05, 0.1) is 11.7 Å². The van der Waals surface area contributed by atoms with Crippen molar-refractivity contribution in [3.8, 4) is 11.1 Å². The van der Waals surface area contributed by atoms with Crippen LogP contribution in [0.2, 0.25) is 0 Å². The Hall–Kier alpha value is -2.47. The smallest absolute Gasteiger partial charge is 0.263 e. The third-order valence-corrected chi connectivity index (χ3v) is 4.79. The molecule has 2 heterocycles. The van der Waals surface area contributed by atoms with Crippen molar-refractivity contribution in [2.45, 2.75) is 25.4 Å². The number of nitrogens with zero attached hydrogens (tertiary/aromatic N) is 2. The van der Waals surface area contributed by atoms with Crippen molar-refractivity contribution in [3.63, 3.8) is 0 Å². The highest BCUT2D eigenvalue weighted by atomic mass is 32.1. The van der Waals surface area contributed by atoms with E-state index in [1.165, 1.54) is 22.2 Å². The summed E-state index contributed by atoms with van der Waals surface area (Å²) in [7, 11) is 0. The van der Waals surface area contributed by atoms with Gasteiger partial charge in [-0.1, -0.05) is 30.3 Å². The van der Waals surface area contributed by atoms with Gasteiger partial charge in [0.15, 0.2) is 0 Å². The van der Waals surface area contributed by atoms with Crippen LogP contribution >= 0.6 is 11.3 Å². The number of amides is 1. The second-order valence-electron chi connectivity index (χ2n) is 5.71. The number of rotatable bonds is 4. The summed E-state index contributed by atoms with van der Waals surface area (Å²) >= 11 is 1.45. The summed E-state index contributed by atoms with van der Waals surface area (Å²) in [5, 5.41) is 5.43. The Kier molecular flexibility index (Phi) is 3.46. The fraction of sp³-hybridized carbons (Fsp3) is 0.235. The van der Waals surface area contributed by atoms with Crippen molar-refractivity contribution in [1.82, 2.24) is 14.9 Å². The molecule has 1 fully saturated rings. The predicted molar refractivity (Wildman–Crippen MR) is 90.5 cm³/mol. The molecular weight excluding hydrogens is 310 g/mol. The van der Waals surface area contributed by atoms with Gasteiger partial charge in [-0.05, 0) is 18.4 Å². The quantitative estimate of drug-likeness (QED) is 0.801. The summed E-state index contributed by atoms with van der Waals surface area (Å²) in [6.07, 6.45) is 3.52. The molecule has 0 spiro atoms. The van der Waals surface area contributed by atoms with Gasteiger partial charge in [0.25, 0.3) is 5.56 Å². The topological polar surface area (TPSA) is 64.0 Å². The molecule has 0 saturated heterocycles. The maximum absolute atomic E-state index is 12.8. The molecule has 5 nitrogen and oxygen atoms in total. The minimum absolute atomic E-state index is 0.0162. The van der Waals surface area contributed by atoms with E-state index in [9.17, 15) is 9.59 Å². The lowest BCUT2D eigenvalue weighted by molar-refractivity contribution is -0.121. The SMILES string of the molecule is O=C(Cn1cnc2scc(-c3ccccc3)c2c1=O)NC1CC1. The molecule has 3 aromatic rings. The number of hydrogen-bond donors (Lipinski definition) is 1. The van der Waals surface area contributed by atoms with E-state index < -0.39 is 0 Å². The summed E-state index contributed by atoms with van der Waals surface area (Å²) in [5.74, 6) is -0.132. The molecule has 1 saturated carbocycles. The fourth-order valence-electron chi connectivity index (χ4n) is 2.57. The lowest BCUT2D eigenvalue weighted by Crippen LogP contribution is -2.33. The van der Waals surface area contributed by atoms with Crippen LogP contribution in [0.15, 0.2) is 46.8 Å². The lowest BCUT2D eigenvalue weighted by atomic mass is 10.1. The fourth-order valence-corrected chi connectivity index (χ4v) is 3.47. The molecule has 1 N–H and O–H groups in total. The number of carbonyl (C=O) groups is 1. The first-order valence-corrected chi connectivity index (χ1v) is 8.42. The average molecular weight is 325 g/mol. The second-order valence-corrected chi connectivity index (χ2v) is 6.57. The summed E-state index contributed by atoms with van der Waals surface area (Å²) < 4.78 is 1.39. The largest absolute Gasteiger partial charge is 0.352 e. The van der Waals surface area contributed by atoms with Gasteiger partial charge in [-0.25, -0.2) is 4.98 Å². The van der Waals surface area contributed by atoms with Gasteiger partial charge in [0.2, 0.25) is 5.91 Å². The van der Waals surface area contributed by atoms with E-state index in [2.05, 4.69) is 10.3 Å². The number of aromatic nitrogens is 2. The summed E-state index contributed by atoms with van der Waals surface area (Å²) in [5.41, 5.74) is 1.69. The van der Waals surface area contributed by atoms with Gasteiger partial charge < -0.3 is 5.32 Å². The Balaban J connectivity index is 1.74. The van der Waals surface area contributed by atoms with Crippen molar-refractivity contribution < 1.29 is 4.79 Å². The highest BCUT2D eigenvalue weighted by Crippen LogP contribution is 2.30. The third kappa shape index (κ3) is 2.77. The molecular formula is C17H15N3O2S. The number of benzene rings is 1. The second kappa shape index (κ2) is 5.62. The maximum atomic E-state index is 12.8. The van der Waals surface area contributed by atoms with Crippen molar-refractivity contribution in [3.05, 3.63) is 52.4 Å². The Morgan fingerprint density at radius 1 is 1.30 bits per heavy atom. The number of thiophene rings is 1. The van der Waals surface area contributed by atoms with Crippen LogP contribution in [0.5, 0.6) is 0 Å². The molecule has 2 aromatic heterocycles. The Bertz CT molecular complexity index is 926. The van der Waals surface area contributed by atoms with E-state index >= 15 is 0 Å². The van der Waals surface area contributed by atoms with Crippen LogP contribution in [0, 0.1) is 0 Å². The van der Waals surface area contributed by atoms with Gasteiger partial charge in [-0.3, -0.25) is 14.2 Å². The average Bonchev–Trinajstić information content (AvgIpc) is 3.26. The number of hydrogen-bond acceptors (Lipinski definition) is 4. The van der Waals surface area contributed by atoms with Gasteiger partial charge in [0, 0.05) is 17.0 Å². The summed E-state index contributed by atoms with van der Waals surface area (Å²) in [6, 6.07) is 10.1. The standard InChI is InChI=1S/C17H15N3O2S/c21-14(19-12-6-7-12)8-20-10-18-16-15(17(20)22)13(9-23-16)11-4-2-1-3-5-11/h1-5,9-10,12H,6-8H2,(H,19,21). The highest BCUT2D eigenvalue weighted by molar-refractivity contribution is 7.17. The Morgan fingerprint density at radius 2 is 2.09 bits per heavy atom. The first kappa shape index (κ1) is 14.1. The van der Waals surface area contributed by atoms with Gasteiger partial charge in [0.1, 0.15) is 11.4 Å². The molecule has 4 rings (SSSR count). The molecule has 116 valence electrons. The zero-order valence-corrected chi connectivity index (χ0v) is 13.2. The molecule has 0 atom stereocenters. The summed E-state index contributed by atoms with van der Waals surface area (Å²) in [4.78, 5) is 29.8. The molecule has 1 aromatic carbocycles. The van der Waals surface area contributed by atoms with Crippen LogP contribution in [-0.4, -0.2) is 21.5 Å². The molecule has 1 amide bonds. The monoisotopic (exact) mass is 325 g/mol. The van der Waals surface area contributed by atoms with E-state index in [0.29, 0.717) is 10.2 Å². The maximum Gasteiger partial charge on any atom is 0.263 e. The summed E-state index contributed by atoms with van der Waals surface area (Å²) in [6.45, 7) is 0.0162. The van der Waals surface area contributed by atoms with E-state index in [1.54, 1.807) is 0 Å². The van der Waals surface area contributed by atoms with Crippen LogP contribution in [-0.2, 0) is 11.3 Å². The first-order chi connectivity index (χ1) is 11.2. The third-order valence-electron chi connectivity index (χ3n) is 3.90. The van der Waals surface area contributed by atoms with Crippen molar-refractivity contribution in [2.75, 3.05) is 0 Å². The van der Waals surface area contributed by atoms with Crippen LogP contribution in [0.1, 0.15) is 12.8 Å². The van der Waals surface area contributed by atoms with Gasteiger partial charge in [-0.2, -0.15) is 0 Å². The van der Waals surface area contributed by atoms with Crippen LogP contribution < -0.4 is 10.9 Å². The van der Waals surface area contributed by atoms with E-state index in [1.807, 2.05) is 35.7 Å². The van der Waals surface area contributed by atoms with Gasteiger partial charge in [-0.15, -0.1) is 11.3 Å². The zero-order chi connectivity index (χ0) is 15.8. The molecule has 6 heteroatoms. The van der Waals surface area contributed by atoms with Crippen LogP contribution in [0.4, 0.5) is 0 Å². The highest BCUT2D eigenvalue weighted by Gasteiger charge is 2.23. The van der Waals surface area contributed by atoms with Crippen LogP contribution in [0.25, 0.3) is 21.3 Å². The number of carbonyl (C=O) groups excluding carboxylic acids is 1. The van der Waals surface area contributed by atoms with Gasteiger partial charge >= 0.3 is 0 Å². The minimum Gasteiger partial charge on any atom is -0.352 e. The lowest BCUT2D eigenvalue weighted by Gasteiger charge is -2.06. The molecule has 0 aliphatic heterocycles. The van der Waals surface area contributed by atoms with Crippen LogP contribution in [0.3, 0.4) is 0 Å².